The molecule has 166 valence electrons. The second kappa shape index (κ2) is 8.99. The van der Waals surface area contributed by atoms with E-state index in [1.165, 1.54) is 5.56 Å². The first-order valence-electron chi connectivity index (χ1n) is 11.2. The molecule has 0 unspecified atom stereocenters. The van der Waals surface area contributed by atoms with E-state index in [1.54, 1.807) is 6.08 Å². The summed E-state index contributed by atoms with van der Waals surface area (Å²) in [5.41, 5.74) is 7.25. The Morgan fingerprint density at radius 3 is 2.75 bits per heavy atom. The van der Waals surface area contributed by atoms with E-state index in [0.717, 1.165) is 57.8 Å². The third-order valence-electron chi connectivity index (χ3n) is 5.56. The zero-order chi connectivity index (χ0) is 22.8. The van der Waals surface area contributed by atoms with Gasteiger partial charge in [-0.15, -0.1) is 0 Å². The normalized spacial score (nSPS) is 11.9. The molecule has 0 atom stereocenters. The molecule has 0 spiro atoms. The zero-order valence-corrected chi connectivity index (χ0v) is 19.5. The van der Waals surface area contributed by atoms with E-state index in [2.05, 4.69) is 72.9 Å². The SMILES string of the molecule is CCc1nc2c(C)cc(C)nc2n1Cc1ccc2[nH]c(/C=C/C(=O)NCC(C)C)cc2c1. The maximum absolute atomic E-state index is 12.0. The Hall–Kier alpha value is -3.41. The fraction of sp³-hybridized carbons (Fsp3) is 0.346. The highest BCUT2D eigenvalue weighted by Gasteiger charge is 2.14. The van der Waals surface area contributed by atoms with Crippen molar-refractivity contribution >= 4 is 34.1 Å². The van der Waals surface area contributed by atoms with Crippen LogP contribution in [-0.4, -0.2) is 32.0 Å². The van der Waals surface area contributed by atoms with E-state index in [9.17, 15) is 4.79 Å². The number of aromatic amines is 1. The summed E-state index contributed by atoms with van der Waals surface area (Å²) < 4.78 is 2.23. The van der Waals surface area contributed by atoms with Crippen molar-refractivity contribution in [3.8, 4) is 0 Å². The molecule has 0 fully saturated rings. The summed E-state index contributed by atoms with van der Waals surface area (Å²) in [7, 11) is 0. The molecule has 6 heteroatoms. The highest BCUT2D eigenvalue weighted by Crippen LogP contribution is 2.23. The molecule has 0 bridgehead atoms. The van der Waals surface area contributed by atoms with Gasteiger partial charge in [-0.2, -0.15) is 0 Å². The number of fused-ring (bicyclic) bond motifs is 2. The summed E-state index contributed by atoms with van der Waals surface area (Å²) in [6.45, 7) is 11.8. The molecule has 1 amide bonds. The third kappa shape index (κ3) is 4.59. The number of hydrogen-bond donors (Lipinski definition) is 2. The van der Waals surface area contributed by atoms with Gasteiger partial charge in [0.1, 0.15) is 11.3 Å². The number of nitrogens with one attached hydrogen (secondary N) is 2. The average Bonchev–Trinajstić information content (AvgIpc) is 3.31. The number of hydrogen-bond acceptors (Lipinski definition) is 3. The molecule has 3 aromatic heterocycles. The lowest BCUT2D eigenvalue weighted by Gasteiger charge is -2.09. The largest absolute Gasteiger partial charge is 0.355 e. The fourth-order valence-corrected chi connectivity index (χ4v) is 3.99. The maximum atomic E-state index is 12.0. The number of amides is 1. The molecule has 1 aromatic carbocycles. The minimum atomic E-state index is -0.0739. The Balaban J connectivity index is 1.60. The van der Waals surface area contributed by atoms with E-state index in [-0.39, 0.29) is 5.91 Å². The van der Waals surface area contributed by atoms with Crippen molar-refractivity contribution < 1.29 is 4.79 Å². The summed E-state index contributed by atoms with van der Waals surface area (Å²) in [5.74, 6) is 1.41. The fourth-order valence-electron chi connectivity index (χ4n) is 3.99. The average molecular weight is 430 g/mol. The van der Waals surface area contributed by atoms with Crippen LogP contribution >= 0.6 is 0 Å². The van der Waals surface area contributed by atoms with Gasteiger partial charge >= 0.3 is 0 Å². The van der Waals surface area contributed by atoms with E-state index in [4.69, 9.17) is 9.97 Å². The number of aryl methyl sites for hydroxylation is 3. The first kappa shape index (κ1) is 21.8. The van der Waals surface area contributed by atoms with Gasteiger partial charge in [-0.1, -0.05) is 26.8 Å². The quantitative estimate of drug-likeness (QED) is 0.409. The number of pyridine rings is 1. The van der Waals surface area contributed by atoms with Gasteiger partial charge in [0.25, 0.3) is 0 Å². The van der Waals surface area contributed by atoms with Crippen molar-refractivity contribution in [2.45, 2.75) is 47.6 Å². The Labute approximate surface area is 188 Å². The Morgan fingerprint density at radius 1 is 1.19 bits per heavy atom. The minimum Gasteiger partial charge on any atom is -0.355 e. The van der Waals surface area contributed by atoms with Crippen LogP contribution in [-0.2, 0) is 17.8 Å². The van der Waals surface area contributed by atoms with Crippen LogP contribution in [0.5, 0.6) is 0 Å². The number of nitrogens with zero attached hydrogens (tertiary/aromatic N) is 3. The van der Waals surface area contributed by atoms with Gasteiger partial charge < -0.3 is 14.9 Å². The van der Waals surface area contributed by atoms with Crippen molar-refractivity contribution in [3.05, 3.63) is 64.7 Å². The van der Waals surface area contributed by atoms with Crippen LogP contribution in [0, 0.1) is 19.8 Å². The molecular weight excluding hydrogens is 398 g/mol. The number of aromatic nitrogens is 4. The van der Waals surface area contributed by atoms with Crippen LogP contribution in [0.1, 0.15) is 49.1 Å². The lowest BCUT2D eigenvalue weighted by Crippen LogP contribution is -2.25. The van der Waals surface area contributed by atoms with E-state index in [0.29, 0.717) is 12.5 Å². The van der Waals surface area contributed by atoms with Gasteiger partial charge in [0.2, 0.25) is 5.91 Å². The molecule has 0 aliphatic heterocycles. The molecule has 2 N–H and O–H groups in total. The summed E-state index contributed by atoms with van der Waals surface area (Å²) in [4.78, 5) is 25.0. The van der Waals surface area contributed by atoms with Crippen molar-refractivity contribution in [1.29, 1.82) is 0 Å². The lowest BCUT2D eigenvalue weighted by atomic mass is 10.1. The second-order valence-electron chi connectivity index (χ2n) is 8.84. The smallest absolute Gasteiger partial charge is 0.244 e. The van der Waals surface area contributed by atoms with Crippen LogP contribution in [0.25, 0.3) is 28.1 Å². The summed E-state index contributed by atoms with van der Waals surface area (Å²) in [6, 6.07) is 10.6. The topological polar surface area (TPSA) is 75.6 Å². The van der Waals surface area contributed by atoms with Crippen molar-refractivity contribution in [2.24, 2.45) is 5.92 Å². The molecule has 0 saturated heterocycles. The molecule has 6 nitrogen and oxygen atoms in total. The Kier molecular flexibility index (Phi) is 6.12. The van der Waals surface area contributed by atoms with Crippen molar-refractivity contribution in [1.82, 2.24) is 24.8 Å². The Morgan fingerprint density at radius 2 is 2.00 bits per heavy atom. The predicted octanol–water partition coefficient (Wildman–Crippen LogP) is 4.93. The van der Waals surface area contributed by atoms with Crippen LogP contribution in [0.4, 0.5) is 0 Å². The number of imidazole rings is 1. The van der Waals surface area contributed by atoms with E-state index < -0.39 is 0 Å². The van der Waals surface area contributed by atoms with Gasteiger partial charge in [-0.3, -0.25) is 4.79 Å². The molecular formula is C26H31N5O. The monoisotopic (exact) mass is 429 g/mol. The number of carbonyl (C=O) groups is 1. The molecule has 32 heavy (non-hydrogen) atoms. The molecule has 0 aliphatic rings. The summed E-state index contributed by atoms with van der Waals surface area (Å²) >= 11 is 0. The summed E-state index contributed by atoms with van der Waals surface area (Å²) in [5, 5.41) is 4.02. The van der Waals surface area contributed by atoms with Crippen LogP contribution in [0.2, 0.25) is 0 Å². The second-order valence-corrected chi connectivity index (χ2v) is 8.84. The van der Waals surface area contributed by atoms with Crippen molar-refractivity contribution in [3.63, 3.8) is 0 Å². The van der Waals surface area contributed by atoms with Crippen molar-refractivity contribution in [2.75, 3.05) is 6.54 Å². The molecule has 3 heterocycles. The van der Waals surface area contributed by atoms with Gasteiger partial charge in [-0.05, 0) is 61.2 Å². The number of carbonyl (C=O) groups excluding carboxylic acids is 1. The number of rotatable bonds is 7. The molecule has 4 aromatic rings. The lowest BCUT2D eigenvalue weighted by molar-refractivity contribution is -0.116. The van der Waals surface area contributed by atoms with Crippen LogP contribution in [0.15, 0.2) is 36.4 Å². The minimum absolute atomic E-state index is 0.0739. The van der Waals surface area contributed by atoms with Gasteiger partial charge in [-0.25, -0.2) is 9.97 Å². The highest BCUT2D eigenvalue weighted by atomic mass is 16.1. The van der Waals surface area contributed by atoms with Gasteiger partial charge in [0.15, 0.2) is 5.65 Å². The predicted molar refractivity (Wildman–Crippen MR) is 131 cm³/mol. The molecule has 4 rings (SSSR count). The number of H-pyrrole nitrogens is 1. The number of benzene rings is 1. The Bertz CT molecular complexity index is 1310. The standard InChI is InChI=1S/C26H31N5O/c1-6-23-30-25-17(4)11-18(5)28-26(25)31(23)15-19-7-9-22-20(12-19)13-21(29-22)8-10-24(32)27-14-16(2)3/h7-13,16,29H,6,14-15H2,1-5H3,(H,27,32)/b10-8+. The van der Waals surface area contributed by atoms with E-state index >= 15 is 0 Å². The summed E-state index contributed by atoms with van der Waals surface area (Å²) in [6.07, 6.45) is 4.26. The van der Waals surface area contributed by atoms with Gasteiger partial charge in [0.05, 0.1) is 6.54 Å². The zero-order valence-electron chi connectivity index (χ0n) is 19.5. The first-order chi connectivity index (χ1) is 15.3. The molecule has 0 saturated carbocycles. The van der Waals surface area contributed by atoms with Crippen LogP contribution in [0.3, 0.4) is 0 Å². The van der Waals surface area contributed by atoms with E-state index in [1.807, 2.05) is 13.0 Å². The first-order valence-corrected chi connectivity index (χ1v) is 11.2. The highest BCUT2D eigenvalue weighted by molar-refractivity contribution is 5.92. The maximum Gasteiger partial charge on any atom is 0.244 e. The molecule has 0 radical (unpaired) electrons. The van der Waals surface area contributed by atoms with Gasteiger partial charge in [0, 0.05) is 41.3 Å². The van der Waals surface area contributed by atoms with Crippen LogP contribution < -0.4 is 5.32 Å². The molecule has 0 aliphatic carbocycles. The third-order valence-corrected chi connectivity index (χ3v) is 5.56.